The van der Waals surface area contributed by atoms with Gasteiger partial charge in [-0.15, -0.1) is 0 Å². The van der Waals surface area contributed by atoms with Crippen molar-refractivity contribution in [3.05, 3.63) is 28.2 Å². The van der Waals surface area contributed by atoms with E-state index >= 15 is 0 Å². The summed E-state index contributed by atoms with van der Waals surface area (Å²) < 4.78 is 6.09. The van der Waals surface area contributed by atoms with Gasteiger partial charge < -0.3 is 14.7 Å². The normalized spacial score (nSPS) is 12.8. The van der Waals surface area contributed by atoms with E-state index in [2.05, 4.69) is 40.7 Å². The topological polar surface area (TPSA) is 32.7 Å². The zero-order valence-electron chi connectivity index (χ0n) is 11.5. The Morgan fingerprint density at radius 3 is 2.44 bits per heavy atom. The van der Waals surface area contributed by atoms with E-state index in [1.54, 1.807) is 14.0 Å². The molecule has 0 spiro atoms. The van der Waals surface area contributed by atoms with Crippen LogP contribution < -0.4 is 4.90 Å². The van der Waals surface area contributed by atoms with E-state index in [0.29, 0.717) is 12.6 Å². The predicted octanol–water partition coefficient (Wildman–Crippen LogP) is 3.36. The van der Waals surface area contributed by atoms with Gasteiger partial charge in [0.15, 0.2) is 0 Å². The first-order chi connectivity index (χ1) is 8.47. The number of halogens is 1. The van der Waals surface area contributed by atoms with Gasteiger partial charge in [0.1, 0.15) is 0 Å². The van der Waals surface area contributed by atoms with Gasteiger partial charge in [-0.05, 0) is 38.5 Å². The van der Waals surface area contributed by atoms with Gasteiger partial charge in [0.05, 0.1) is 12.7 Å². The van der Waals surface area contributed by atoms with Gasteiger partial charge in [0.2, 0.25) is 0 Å². The second kappa shape index (κ2) is 7.12. The number of rotatable bonds is 6. The van der Waals surface area contributed by atoms with Crippen molar-refractivity contribution in [2.75, 3.05) is 25.2 Å². The molecule has 0 aromatic heterocycles. The number of benzene rings is 1. The lowest BCUT2D eigenvalue weighted by Gasteiger charge is -2.29. The highest BCUT2D eigenvalue weighted by Crippen LogP contribution is 2.29. The van der Waals surface area contributed by atoms with Crippen molar-refractivity contribution in [1.29, 1.82) is 0 Å². The Morgan fingerprint density at radius 1 is 1.33 bits per heavy atom. The van der Waals surface area contributed by atoms with Crippen LogP contribution in [0.15, 0.2) is 22.7 Å². The third kappa shape index (κ3) is 3.97. The van der Waals surface area contributed by atoms with Crippen LogP contribution in [0.4, 0.5) is 5.69 Å². The van der Waals surface area contributed by atoms with Crippen molar-refractivity contribution in [1.82, 2.24) is 0 Å². The lowest BCUT2D eigenvalue weighted by Crippen LogP contribution is -2.33. The summed E-state index contributed by atoms with van der Waals surface area (Å²) in [4.78, 5) is 2.28. The van der Waals surface area contributed by atoms with Gasteiger partial charge in [0.25, 0.3) is 0 Å². The lowest BCUT2D eigenvalue weighted by atomic mass is 10.1. The summed E-state index contributed by atoms with van der Waals surface area (Å²) >= 11 is 3.52. The summed E-state index contributed by atoms with van der Waals surface area (Å²) in [5, 5.41) is 9.62. The molecule has 3 nitrogen and oxygen atoms in total. The maximum Gasteiger partial charge on any atom is 0.0772 e. The Balaban J connectivity index is 2.95. The summed E-state index contributed by atoms with van der Waals surface area (Å²) in [5.41, 5.74) is 2.05. The van der Waals surface area contributed by atoms with E-state index in [9.17, 15) is 5.11 Å². The quantitative estimate of drug-likeness (QED) is 0.873. The molecule has 0 bridgehead atoms. The van der Waals surface area contributed by atoms with Crippen LogP contribution in [0.25, 0.3) is 0 Å². The monoisotopic (exact) mass is 315 g/mol. The molecule has 0 saturated carbocycles. The molecule has 1 aromatic rings. The van der Waals surface area contributed by atoms with E-state index in [4.69, 9.17) is 4.74 Å². The summed E-state index contributed by atoms with van der Waals surface area (Å²) in [6, 6.07) is 6.47. The van der Waals surface area contributed by atoms with Crippen LogP contribution in [0.1, 0.15) is 32.4 Å². The van der Waals surface area contributed by atoms with Crippen molar-refractivity contribution >= 4 is 21.6 Å². The molecule has 0 fully saturated rings. The molecule has 4 heteroatoms. The number of aliphatic hydroxyl groups is 1. The molecule has 1 atom stereocenters. The second-order valence-electron chi connectivity index (χ2n) is 4.66. The molecular formula is C14H22BrNO2. The maximum absolute atomic E-state index is 9.62. The van der Waals surface area contributed by atoms with Crippen LogP contribution in [-0.4, -0.2) is 31.4 Å². The summed E-state index contributed by atoms with van der Waals surface area (Å²) in [7, 11) is 1.71. The predicted molar refractivity (Wildman–Crippen MR) is 79.1 cm³/mol. The van der Waals surface area contributed by atoms with Crippen LogP contribution in [0, 0.1) is 0 Å². The SMILES string of the molecule is COCCN(c1ccc(C(C)O)c(Br)c1)C(C)C. The highest BCUT2D eigenvalue weighted by molar-refractivity contribution is 9.10. The van der Waals surface area contributed by atoms with Gasteiger partial charge >= 0.3 is 0 Å². The smallest absolute Gasteiger partial charge is 0.0772 e. The van der Waals surface area contributed by atoms with Gasteiger partial charge in [-0.3, -0.25) is 0 Å². The molecule has 0 aliphatic heterocycles. The Bertz CT molecular complexity index is 380. The van der Waals surface area contributed by atoms with Crippen molar-refractivity contribution in [2.45, 2.75) is 32.9 Å². The maximum atomic E-state index is 9.62. The molecule has 1 unspecified atom stereocenters. The van der Waals surface area contributed by atoms with Gasteiger partial charge in [-0.2, -0.15) is 0 Å². The van der Waals surface area contributed by atoms with Crippen molar-refractivity contribution < 1.29 is 9.84 Å². The number of ether oxygens (including phenoxy) is 1. The molecule has 0 radical (unpaired) electrons. The summed E-state index contributed by atoms with van der Waals surface area (Å²) in [6.45, 7) is 7.64. The number of nitrogens with zero attached hydrogens (tertiary/aromatic N) is 1. The Hall–Kier alpha value is -0.580. The van der Waals surface area contributed by atoms with Crippen LogP contribution in [0.2, 0.25) is 0 Å². The standard InChI is InChI=1S/C14H22BrNO2/c1-10(2)16(7-8-18-4)12-5-6-13(11(3)17)14(15)9-12/h5-6,9-11,17H,7-8H2,1-4H3. The number of aliphatic hydroxyl groups excluding tert-OH is 1. The molecule has 0 amide bonds. The van der Waals surface area contributed by atoms with Crippen LogP contribution in [0.5, 0.6) is 0 Å². The first-order valence-corrected chi connectivity index (χ1v) is 6.99. The molecular weight excluding hydrogens is 294 g/mol. The number of hydrogen-bond acceptors (Lipinski definition) is 3. The largest absolute Gasteiger partial charge is 0.389 e. The van der Waals surface area contributed by atoms with E-state index in [0.717, 1.165) is 22.3 Å². The summed E-state index contributed by atoms with van der Waals surface area (Å²) in [6.07, 6.45) is -0.458. The molecule has 0 aliphatic rings. The molecule has 1 N–H and O–H groups in total. The van der Waals surface area contributed by atoms with Gasteiger partial charge in [-0.25, -0.2) is 0 Å². The third-order valence-electron chi connectivity index (χ3n) is 2.93. The van der Waals surface area contributed by atoms with Crippen LogP contribution >= 0.6 is 15.9 Å². The molecule has 0 heterocycles. The minimum absolute atomic E-state index is 0.407. The van der Waals surface area contributed by atoms with Gasteiger partial charge in [-0.1, -0.05) is 22.0 Å². The molecule has 1 aromatic carbocycles. The average Bonchev–Trinajstić information content (AvgIpc) is 2.28. The molecule has 18 heavy (non-hydrogen) atoms. The average molecular weight is 316 g/mol. The molecule has 1 rings (SSSR count). The first kappa shape index (κ1) is 15.5. The molecule has 0 aliphatic carbocycles. The van der Waals surface area contributed by atoms with Crippen molar-refractivity contribution in [3.8, 4) is 0 Å². The minimum atomic E-state index is -0.458. The highest BCUT2D eigenvalue weighted by Gasteiger charge is 2.13. The zero-order chi connectivity index (χ0) is 13.7. The second-order valence-corrected chi connectivity index (χ2v) is 5.52. The molecule has 102 valence electrons. The third-order valence-corrected chi connectivity index (χ3v) is 3.61. The fourth-order valence-electron chi connectivity index (χ4n) is 1.91. The van der Waals surface area contributed by atoms with E-state index in [1.165, 1.54) is 0 Å². The van der Waals surface area contributed by atoms with Crippen LogP contribution in [0.3, 0.4) is 0 Å². The number of methoxy groups -OCH3 is 1. The Labute approximate surface area is 118 Å². The lowest BCUT2D eigenvalue weighted by molar-refractivity contribution is 0.198. The Morgan fingerprint density at radius 2 is 2.00 bits per heavy atom. The van der Waals surface area contributed by atoms with E-state index < -0.39 is 6.10 Å². The van der Waals surface area contributed by atoms with E-state index in [1.807, 2.05) is 12.1 Å². The van der Waals surface area contributed by atoms with Crippen LogP contribution in [-0.2, 0) is 4.74 Å². The highest BCUT2D eigenvalue weighted by atomic mass is 79.9. The minimum Gasteiger partial charge on any atom is -0.389 e. The number of hydrogen-bond donors (Lipinski definition) is 1. The van der Waals surface area contributed by atoms with Gasteiger partial charge in [0, 0.05) is 29.9 Å². The first-order valence-electron chi connectivity index (χ1n) is 6.20. The van der Waals surface area contributed by atoms with E-state index in [-0.39, 0.29) is 0 Å². The van der Waals surface area contributed by atoms with Crippen molar-refractivity contribution in [2.24, 2.45) is 0 Å². The van der Waals surface area contributed by atoms with Crippen molar-refractivity contribution in [3.63, 3.8) is 0 Å². The Kier molecular flexibility index (Phi) is 6.12. The fourth-order valence-corrected chi connectivity index (χ4v) is 2.61. The number of anilines is 1. The fraction of sp³-hybridized carbons (Fsp3) is 0.571. The zero-order valence-corrected chi connectivity index (χ0v) is 13.1. The summed E-state index contributed by atoms with van der Waals surface area (Å²) in [5.74, 6) is 0. The molecule has 0 saturated heterocycles.